The molecule has 4 nitrogen and oxygen atoms in total. The lowest BCUT2D eigenvalue weighted by Crippen LogP contribution is -2.12. The van der Waals surface area contributed by atoms with Crippen molar-refractivity contribution < 1.29 is 9.47 Å². The largest absolute Gasteiger partial charge is 0.488 e. The third-order valence-corrected chi connectivity index (χ3v) is 2.78. The fraction of sp³-hybridized carbons (Fsp3) is 0.417. The number of anilines is 1. The van der Waals surface area contributed by atoms with E-state index in [9.17, 15) is 0 Å². The highest BCUT2D eigenvalue weighted by atomic mass is 127. The van der Waals surface area contributed by atoms with Crippen LogP contribution in [0.4, 0.5) is 5.69 Å². The summed E-state index contributed by atoms with van der Waals surface area (Å²) in [5.41, 5.74) is 6.84. The van der Waals surface area contributed by atoms with Crippen LogP contribution in [0.2, 0.25) is 0 Å². The molecule has 0 aliphatic carbocycles. The number of nitrogens with zero attached hydrogens (tertiary/aromatic N) is 1. The molecule has 1 rings (SSSR count). The van der Waals surface area contributed by atoms with E-state index in [1.807, 2.05) is 13.8 Å². The second kappa shape index (κ2) is 6.67. The third-order valence-electron chi connectivity index (χ3n) is 1.98. The summed E-state index contributed by atoms with van der Waals surface area (Å²) in [6.45, 7) is 4.91. The van der Waals surface area contributed by atoms with Crippen LogP contribution in [0, 0.1) is 14.9 Å². The lowest BCUT2D eigenvalue weighted by molar-refractivity contribution is 0.0552. The second-order valence-electron chi connectivity index (χ2n) is 3.76. The van der Waals surface area contributed by atoms with Gasteiger partial charge in [-0.1, -0.05) is 0 Å². The molecule has 0 heterocycles. The molecule has 1 aromatic rings. The molecule has 0 bridgehead atoms. The summed E-state index contributed by atoms with van der Waals surface area (Å²) in [6.07, 6.45) is 0.191. The Morgan fingerprint density at radius 1 is 1.41 bits per heavy atom. The van der Waals surface area contributed by atoms with Crippen molar-refractivity contribution in [2.75, 3.05) is 18.9 Å². The molecule has 0 radical (unpaired) electrons. The van der Waals surface area contributed by atoms with Gasteiger partial charge in [-0.15, -0.1) is 0 Å². The predicted molar refractivity (Wildman–Crippen MR) is 74.9 cm³/mol. The summed E-state index contributed by atoms with van der Waals surface area (Å²) >= 11 is 2.10. The molecular weight excluding hydrogens is 331 g/mol. The van der Waals surface area contributed by atoms with Gasteiger partial charge in [-0.3, -0.25) is 0 Å². The third kappa shape index (κ3) is 4.40. The molecule has 17 heavy (non-hydrogen) atoms. The first-order valence-electron chi connectivity index (χ1n) is 5.28. The highest BCUT2D eigenvalue weighted by Crippen LogP contribution is 2.29. The van der Waals surface area contributed by atoms with E-state index in [1.54, 1.807) is 12.1 Å². The molecule has 0 amide bonds. The van der Waals surface area contributed by atoms with Gasteiger partial charge < -0.3 is 15.2 Å². The van der Waals surface area contributed by atoms with E-state index in [1.165, 1.54) is 0 Å². The Bertz CT molecular complexity index is 404. The van der Waals surface area contributed by atoms with Gasteiger partial charge in [0.2, 0.25) is 0 Å². The molecule has 92 valence electrons. The van der Waals surface area contributed by atoms with Crippen LogP contribution >= 0.6 is 22.6 Å². The summed E-state index contributed by atoms with van der Waals surface area (Å²) in [4.78, 5) is 0. The minimum absolute atomic E-state index is 0.191. The first-order valence-corrected chi connectivity index (χ1v) is 6.36. The van der Waals surface area contributed by atoms with Crippen molar-refractivity contribution in [3.05, 3.63) is 21.3 Å². The minimum Gasteiger partial charge on any atom is -0.488 e. The lowest BCUT2D eigenvalue weighted by Gasteiger charge is -2.12. The average molecular weight is 346 g/mol. The molecule has 0 spiro atoms. The van der Waals surface area contributed by atoms with Crippen LogP contribution in [-0.2, 0) is 4.74 Å². The number of hydrogen-bond donors (Lipinski definition) is 1. The van der Waals surface area contributed by atoms with Gasteiger partial charge in [0.1, 0.15) is 6.61 Å². The second-order valence-corrected chi connectivity index (χ2v) is 4.92. The Balaban J connectivity index is 2.63. The normalized spacial score (nSPS) is 10.3. The van der Waals surface area contributed by atoms with E-state index in [0.29, 0.717) is 30.2 Å². The zero-order valence-electron chi connectivity index (χ0n) is 9.87. The number of nitrogen functional groups attached to an aromatic ring is 1. The number of benzene rings is 1. The first kappa shape index (κ1) is 14.1. The standard InChI is InChI=1S/C12H15IN2O2/c1-8(2)16-3-4-17-12-10(13)5-9(7-14)6-11(12)15/h5-6,8H,3-4,15H2,1-2H3. The monoisotopic (exact) mass is 346 g/mol. The van der Waals surface area contributed by atoms with Gasteiger partial charge in [-0.05, 0) is 48.6 Å². The van der Waals surface area contributed by atoms with Crippen molar-refractivity contribution in [3.8, 4) is 11.8 Å². The average Bonchev–Trinajstić information content (AvgIpc) is 2.26. The molecule has 0 unspecified atom stereocenters. The van der Waals surface area contributed by atoms with E-state index < -0.39 is 0 Å². The van der Waals surface area contributed by atoms with Crippen molar-refractivity contribution in [1.29, 1.82) is 5.26 Å². The maximum absolute atomic E-state index is 8.78. The number of nitrogens with two attached hydrogens (primary N) is 1. The summed E-state index contributed by atoms with van der Waals surface area (Å²) in [5.74, 6) is 0.622. The van der Waals surface area contributed by atoms with Crippen molar-refractivity contribution in [3.63, 3.8) is 0 Å². The molecule has 0 aliphatic heterocycles. The Labute approximate surface area is 115 Å². The molecule has 0 aromatic heterocycles. The van der Waals surface area contributed by atoms with Gasteiger partial charge in [0, 0.05) is 0 Å². The Hall–Kier alpha value is -1.00. The van der Waals surface area contributed by atoms with Crippen LogP contribution in [-0.4, -0.2) is 19.3 Å². The molecule has 0 fully saturated rings. The molecule has 0 aliphatic rings. The van der Waals surface area contributed by atoms with Crippen LogP contribution in [0.1, 0.15) is 19.4 Å². The summed E-state index contributed by atoms with van der Waals surface area (Å²) < 4.78 is 11.8. The van der Waals surface area contributed by atoms with Gasteiger partial charge in [0.05, 0.1) is 33.6 Å². The van der Waals surface area contributed by atoms with Crippen molar-refractivity contribution in [1.82, 2.24) is 0 Å². The predicted octanol–water partition coefficient (Wildman–Crippen LogP) is 2.55. The van der Waals surface area contributed by atoms with Gasteiger partial charge in [-0.2, -0.15) is 5.26 Å². The fourth-order valence-corrected chi connectivity index (χ4v) is 2.06. The molecule has 2 N–H and O–H groups in total. The van der Waals surface area contributed by atoms with Crippen LogP contribution < -0.4 is 10.5 Å². The number of rotatable bonds is 5. The number of hydrogen-bond acceptors (Lipinski definition) is 4. The summed E-state index contributed by atoms with van der Waals surface area (Å²) in [6, 6.07) is 5.41. The van der Waals surface area contributed by atoms with E-state index in [2.05, 4.69) is 28.7 Å². The quantitative estimate of drug-likeness (QED) is 0.505. The Kier molecular flexibility index (Phi) is 5.51. The van der Waals surface area contributed by atoms with Gasteiger partial charge in [0.25, 0.3) is 0 Å². The van der Waals surface area contributed by atoms with Crippen molar-refractivity contribution in [2.45, 2.75) is 20.0 Å². The number of halogens is 1. The van der Waals surface area contributed by atoms with E-state index >= 15 is 0 Å². The minimum atomic E-state index is 0.191. The molecule has 0 saturated heterocycles. The molecule has 1 aromatic carbocycles. The molecular formula is C12H15IN2O2. The zero-order valence-corrected chi connectivity index (χ0v) is 12.0. The lowest BCUT2D eigenvalue weighted by atomic mass is 10.2. The van der Waals surface area contributed by atoms with Crippen LogP contribution in [0.25, 0.3) is 0 Å². The first-order chi connectivity index (χ1) is 8.04. The van der Waals surface area contributed by atoms with Gasteiger partial charge >= 0.3 is 0 Å². The molecule has 0 atom stereocenters. The van der Waals surface area contributed by atoms with Crippen LogP contribution in [0.15, 0.2) is 12.1 Å². The fourth-order valence-electron chi connectivity index (χ4n) is 1.26. The maximum Gasteiger partial charge on any atom is 0.155 e. The number of ether oxygens (including phenoxy) is 2. The van der Waals surface area contributed by atoms with Gasteiger partial charge in [0.15, 0.2) is 5.75 Å². The topological polar surface area (TPSA) is 68.3 Å². The van der Waals surface area contributed by atoms with Crippen LogP contribution in [0.5, 0.6) is 5.75 Å². The Morgan fingerprint density at radius 3 is 2.65 bits per heavy atom. The highest BCUT2D eigenvalue weighted by molar-refractivity contribution is 14.1. The smallest absolute Gasteiger partial charge is 0.155 e. The van der Waals surface area contributed by atoms with E-state index in [4.69, 9.17) is 20.5 Å². The van der Waals surface area contributed by atoms with Crippen molar-refractivity contribution in [2.24, 2.45) is 0 Å². The molecule has 0 saturated carbocycles. The summed E-state index contributed by atoms with van der Waals surface area (Å²) in [5, 5.41) is 8.78. The van der Waals surface area contributed by atoms with Crippen LogP contribution in [0.3, 0.4) is 0 Å². The van der Waals surface area contributed by atoms with Crippen molar-refractivity contribution >= 4 is 28.3 Å². The number of nitriles is 1. The zero-order chi connectivity index (χ0) is 12.8. The molecule has 5 heteroatoms. The van der Waals surface area contributed by atoms with E-state index in [-0.39, 0.29) is 6.10 Å². The van der Waals surface area contributed by atoms with Gasteiger partial charge in [-0.25, -0.2) is 0 Å². The SMILES string of the molecule is CC(C)OCCOc1c(N)cc(C#N)cc1I. The Morgan fingerprint density at radius 2 is 2.12 bits per heavy atom. The highest BCUT2D eigenvalue weighted by Gasteiger charge is 2.08. The van der Waals surface area contributed by atoms with E-state index in [0.717, 1.165) is 3.57 Å². The maximum atomic E-state index is 8.78. The summed E-state index contributed by atoms with van der Waals surface area (Å²) in [7, 11) is 0.